The Hall–Kier alpha value is -3.32. The van der Waals surface area contributed by atoms with Crippen molar-refractivity contribution in [3.63, 3.8) is 0 Å². The molecule has 0 bridgehead atoms. The third-order valence-electron chi connectivity index (χ3n) is 7.28. The number of para-hydroxylation sites is 1. The van der Waals surface area contributed by atoms with Crippen molar-refractivity contribution in [2.75, 3.05) is 26.7 Å². The summed E-state index contributed by atoms with van der Waals surface area (Å²) in [7, 11) is 3.76. The quantitative estimate of drug-likeness (QED) is 0.481. The van der Waals surface area contributed by atoms with Gasteiger partial charge in [0.25, 0.3) is 5.91 Å². The van der Waals surface area contributed by atoms with Crippen molar-refractivity contribution in [2.45, 2.75) is 45.7 Å². The van der Waals surface area contributed by atoms with Gasteiger partial charge < -0.3 is 14.7 Å². The van der Waals surface area contributed by atoms with Gasteiger partial charge in [-0.05, 0) is 69.8 Å². The lowest BCUT2D eigenvalue weighted by Crippen LogP contribution is -2.47. The molecule has 3 aromatic rings. The smallest absolute Gasteiger partial charge is 0.272 e. The molecule has 192 valence electrons. The van der Waals surface area contributed by atoms with E-state index < -0.39 is 0 Å². The van der Waals surface area contributed by atoms with Crippen molar-refractivity contribution in [3.05, 3.63) is 77.1 Å². The highest BCUT2D eigenvalue weighted by atomic mass is 16.5. The topological polar surface area (TPSA) is 70.8 Å². The molecule has 0 spiro atoms. The van der Waals surface area contributed by atoms with E-state index in [9.17, 15) is 9.90 Å². The Labute approximate surface area is 214 Å². The van der Waals surface area contributed by atoms with Gasteiger partial charge in [-0.3, -0.25) is 14.4 Å². The highest BCUT2D eigenvalue weighted by Crippen LogP contribution is 2.33. The molecule has 1 aromatic heterocycles. The first-order valence-electron chi connectivity index (χ1n) is 12.8. The molecule has 7 heteroatoms. The van der Waals surface area contributed by atoms with E-state index in [0.717, 1.165) is 43.6 Å². The molecule has 1 fully saturated rings. The van der Waals surface area contributed by atoms with Gasteiger partial charge in [-0.1, -0.05) is 42.5 Å². The van der Waals surface area contributed by atoms with Crippen LogP contribution in [0.1, 0.15) is 47.1 Å². The van der Waals surface area contributed by atoms with E-state index in [1.807, 2.05) is 57.1 Å². The predicted molar refractivity (Wildman–Crippen MR) is 141 cm³/mol. The Balaban J connectivity index is 1.47. The maximum atomic E-state index is 13.5. The first kappa shape index (κ1) is 25.8. The number of nitrogens with zero attached hydrogens (tertiary/aromatic N) is 4. The van der Waals surface area contributed by atoms with Crippen molar-refractivity contribution in [3.8, 4) is 11.5 Å². The molecule has 2 heterocycles. The minimum atomic E-state index is 0.0131. The summed E-state index contributed by atoms with van der Waals surface area (Å²) < 4.78 is 7.23. The Kier molecular flexibility index (Phi) is 8.31. The van der Waals surface area contributed by atoms with Crippen LogP contribution in [0.5, 0.6) is 11.5 Å². The summed E-state index contributed by atoms with van der Waals surface area (Å²) in [6, 6.07) is 18.1. The molecule has 0 radical (unpaired) electrons. The summed E-state index contributed by atoms with van der Waals surface area (Å²) in [5.74, 6) is 1.17. The SMILES string of the molecule is CCOc1cccc(CN2CCC([C@H](Cc3ccccc3)N(C)C(=O)c3cc(C)nn3C)CC2)c1O. The highest BCUT2D eigenvalue weighted by molar-refractivity contribution is 5.92. The molecule has 1 aliphatic rings. The van der Waals surface area contributed by atoms with Gasteiger partial charge in [0.1, 0.15) is 5.69 Å². The zero-order valence-electron chi connectivity index (χ0n) is 21.9. The number of carbonyl (C=O) groups excluding carboxylic acids is 1. The average molecular weight is 491 g/mol. The van der Waals surface area contributed by atoms with E-state index in [4.69, 9.17) is 4.74 Å². The number of phenolic OH excluding ortho intramolecular Hbond substituents is 1. The number of ether oxygens (including phenoxy) is 1. The predicted octanol–water partition coefficient (Wildman–Crippen LogP) is 4.43. The molecule has 0 aliphatic carbocycles. The third-order valence-corrected chi connectivity index (χ3v) is 7.28. The highest BCUT2D eigenvalue weighted by Gasteiger charge is 2.33. The van der Waals surface area contributed by atoms with Crippen LogP contribution in [0.25, 0.3) is 0 Å². The number of aromatic nitrogens is 2. The normalized spacial score (nSPS) is 15.6. The molecular formula is C29H38N4O3. The summed E-state index contributed by atoms with van der Waals surface area (Å²) in [5.41, 5.74) is 3.59. The second-order valence-electron chi connectivity index (χ2n) is 9.78. The maximum absolute atomic E-state index is 13.5. The summed E-state index contributed by atoms with van der Waals surface area (Å²) in [6.07, 6.45) is 2.80. The number of likely N-dealkylation sites (tertiary alicyclic amines) is 1. The number of hydrogen-bond acceptors (Lipinski definition) is 5. The van der Waals surface area contributed by atoms with Crippen LogP contribution in [0.2, 0.25) is 0 Å². The Morgan fingerprint density at radius 2 is 1.89 bits per heavy atom. The van der Waals surface area contributed by atoms with Crippen molar-refractivity contribution in [1.29, 1.82) is 0 Å². The molecule has 1 aliphatic heterocycles. The lowest BCUT2D eigenvalue weighted by Gasteiger charge is -2.40. The third kappa shape index (κ3) is 5.90. The monoisotopic (exact) mass is 490 g/mol. The number of hydrogen-bond donors (Lipinski definition) is 1. The molecule has 1 N–H and O–H groups in total. The van der Waals surface area contributed by atoms with Crippen LogP contribution in [0.15, 0.2) is 54.6 Å². The largest absolute Gasteiger partial charge is 0.504 e. The van der Waals surface area contributed by atoms with Gasteiger partial charge in [-0.15, -0.1) is 0 Å². The van der Waals surface area contributed by atoms with Gasteiger partial charge >= 0.3 is 0 Å². The molecule has 1 atom stereocenters. The van der Waals surface area contributed by atoms with Crippen LogP contribution < -0.4 is 4.74 Å². The molecule has 7 nitrogen and oxygen atoms in total. The van der Waals surface area contributed by atoms with Gasteiger partial charge in [-0.25, -0.2) is 0 Å². The van der Waals surface area contributed by atoms with Crippen molar-refractivity contribution < 1.29 is 14.6 Å². The average Bonchev–Trinajstić information content (AvgIpc) is 3.23. The van der Waals surface area contributed by atoms with Crippen LogP contribution in [-0.4, -0.2) is 63.4 Å². The standard InChI is InChI=1S/C29H38N4O3/c1-5-36-27-13-9-12-24(28(27)34)20-33-16-14-23(15-17-33)25(19-22-10-7-6-8-11-22)31(3)29(35)26-18-21(2)30-32(26)4/h6-13,18,23,25,34H,5,14-17,19-20H2,1-4H3/t25-/m0/s1. The second kappa shape index (κ2) is 11.6. The van der Waals surface area contributed by atoms with Gasteiger partial charge in [0, 0.05) is 32.2 Å². The van der Waals surface area contributed by atoms with Crippen molar-refractivity contribution in [2.24, 2.45) is 13.0 Å². The molecule has 1 amide bonds. The van der Waals surface area contributed by atoms with E-state index in [1.54, 1.807) is 10.7 Å². The minimum absolute atomic E-state index is 0.0131. The van der Waals surface area contributed by atoms with Crippen LogP contribution in [0.3, 0.4) is 0 Å². The molecule has 4 rings (SSSR count). The number of likely N-dealkylation sites (N-methyl/N-ethyl adjacent to an activating group) is 1. The Bertz CT molecular complexity index is 1150. The fourth-order valence-corrected chi connectivity index (χ4v) is 5.32. The number of piperidine rings is 1. The summed E-state index contributed by atoms with van der Waals surface area (Å²) in [5, 5.41) is 15.0. The molecule has 0 saturated carbocycles. The minimum Gasteiger partial charge on any atom is -0.504 e. The molecular weight excluding hydrogens is 452 g/mol. The van der Waals surface area contributed by atoms with Gasteiger partial charge in [0.2, 0.25) is 0 Å². The van der Waals surface area contributed by atoms with Crippen LogP contribution in [0, 0.1) is 12.8 Å². The molecule has 0 unspecified atom stereocenters. The van der Waals surface area contributed by atoms with Crippen LogP contribution in [-0.2, 0) is 20.0 Å². The van der Waals surface area contributed by atoms with E-state index in [0.29, 0.717) is 30.5 Å². The number of aromatic hydroxyl groups is 1. The van der Waals surface area contributed by atoms with Crippen molar-refractivity contribution >= 4 is 5.91 Å². The van der Waals surface area contributed by atoms with Crippen molar-refractivity contribution in [1.82, 2.24) is 19.6 Å². The number of rotatable bonds is 9. The van der Waals surface area contributed by atoms with Crippen LogP contribution >= 0.6 is 0 Å². The van der Waals surface area contributed by atoms with Gasteiger partial charge in [0.15, 0.2) is 11.5 Å². The summed E-state index contributed by atoms with van der Waals surface area (Å²) >= 11 is 0. The number of benzene rings is 2. The number of aryl methyl sites for hydroxylation is 2. The zero-order chi connectivity index (χ0) is 25.7. The first-order valence-corrected chi connectivity index (χ1v) is 12.8. The summed E-state index contributed by atoms with van der Waals surface area (Å²) in [4.78, 5) is 17.8. The number of amides is 1. The van der Waals surface area contributed by atoms with Crippen LogP contribution in [0.4, 0.5) is 0 Å². The lowest BCUT2D eigenvalue weighted by atomic mass is 9.84. The maximum Gasteiger partial charge on any atom is 0.272 e. The molecule has 36 heavy (non-hydrogen) atoms. The van der Waals surface area contributed by atoms with E-state index in [1.165, 1.54) is 5.56 Å². The fraction of sp³-hybridized carbons (Fsp3) is 0.448. The Morgan fingerprint density at radius 1 is 1.17 bits per heavy atom. The van der Waals surface area contributed by atoms with E-state index in [2.05, 4.69) is 34.3 Å². The summed E-state index contributed by atoms with van der Waals surface area (Å²) in [6.45, 7) is 6.87. The first-order chi connectivity index (χ1) is 17.4. The van der Waals surface area contributed by atoms with Gasteiger partial charge in [0.05, 0.1) is 12.3 Å². The van der Waals surface area contributed by atoms with E-state index in [-0.39, 0.29) is 17.7 Å². The van der Waals surface area contributed by atoms with Gasteiger partial charge in [-0.2, -0.15) is 5.10 Å². The Morgan fingerprint density at radius 3 is 2.53 bits per heavy atom. The number of carbonyl (C=O) groups is 1. The number of phenols is 1. The zero-order valence-corrected chi connectivity index (χ0v) is 21.9. The molecule has 2 aromatic carbocycles. The molecule has 1 saturated heterocycles. The second-order valence-corrected chi connectivity index (χ2v) is 9.78. The van der Waals surface area contributed by atoms with E-state index >= 15 is 0 Å². The lowest BCUT2D eigenvalue weighted by molar-refractivity contribution is 0.0574. The fourth-order valence-electron chi connectivity index (χ4n) is 5.32.